The van der Waals surface area contributed by atoms with Gasteiger partial charge in [-0.2, -0.15) is 0 Å². The van der Waals surface area contributed by atoms with Crippen LogP contribution in [-0.4, -0.2) is 357 Å². The molecule has 0 aliphatic carbocycles. The molecule has 0 amide bonds. The summed E-state index contributed by atoms with van der Waals surface area (Å²) in [6, 6.07) is 0. The minimum absolute atomic E-state index is 0.0629. The van der Waals surface area contributed by atoms with Crippen LogP contribution in [-0.2, 0) is 85.3 Å². The molecule has 5 heterocycles. The lowest BCUT2D eigenvalue weighted by Gasteiger charge is -2.51. The van der Waals surface area contributed by atoms with E-state index in [-0.39, 0.29) is 78.6 Å². The topological polar surface area (TPSA) is 449 Å². The summed E-state index contributed by atoms with van der Waals surface area (Å²) in [6.45, 7) is 3.29. The molecule has 0 aromatic carbocycles. The Bertz CT molecular complexity index is 1740. The highest BCUT2D eigenvalue weighted by atomic mass is 16.8. The van der Waals surface area contributed by atoms with Crippen LogP contribution in [0.1, 0.15) is 41.5 Å². The van der Waals surface area contributed by atoms with Gasteiger partial charge in [-0.25, -0.2) is 0 Å². The molecule has 502 valence electrons. The van der Waals surface area contributed by atoms with E-state index < -0.39 is 218 Å². The van der Waals surface area contributed by atoms with Crippen LogP contribution in [0.4, 0.5) is 0 Å². The number of aliphatic hydroxyl groups is 14. The average Bonchev–Trinajstić information content (AvgIpc) is 1.77. The van der Waals surface area contributed by atoms with Crippen LogP contribution in [0, 0.1) is 11.8 Å². The maximum atomic E-state index is 12.3. The summed E-state index contributed by atoms with van der Waals surface area (Å²) in [5.41, 5.74) is 0. The minimum atomic E-state index is -2.12. The van der Waals surface area contributed by atoms with Crippen LogP contribution in [0.15, 0.2) is 0 Å². The molecule has 0 aromatic heterocycles. The lowest BCUT2D eigenvalue weighted by molar-refractivity contribution is -0.395. The lowest BCUT2D eigenvalue weighted by Crippen LogP contribution is -2.68. The van der Waals surface area contributed by atoms with Crippen molar-refractivity contribution < 1.29 is 157 Å². The predicted molar refractivity (Wildman–Crippen MR) is 283 cm³/mol. The van der Waals surface area contributed by atoms with Gasteiger partial charge in [-0.15, -0.1) is 0 Å². The molecule has 0 spiro atoms. The van der Waals surface area contributed by atoms with E-state index in [1.807, 2.05) is 13.8 Å². The summed E-state index contributed by atoms with van der Waals surface area (Å²) in [5, 5.41) is 151. The molecule has 5 aliphatic rings. The van der Waals surface area contributed by atoms with Gasteiger partial charge in [-0.1, -0.05) is 13.8 Å². The Morgan fingerprint density at radius 3 is 1.06 bits per heavy atom. The maximum absolute atomic E-state index is 12.3. The first kappa shape index (κ1) is 74.4. The largest absolute Gasteiger partial charge is 0.394 e. The zero-order valence-electron chi connectivity index (χ0n) is 49.2. The summed E-state index contributed by atoms with van der Waals surface area (Å²) in [6.07, 6.45) is -38.2. The fraction of sp³-hybridized carbons (Fsp3) is 1.00. The van der Waals surface area contributed by atoms with E-state index in [9.17, 15) is 71.5 Å². The van der Waals surface area contributed by atoms with Gasteiger partial charge in [0.2, 0.25) is 0 Å². The highest BCUT2D eigenvalue weighted by Gasteiger charge is 2.58. The van der Waals surface area contributed by atoms with Gasteiger partial charge in [0, 0.05) is 5.92 Å². The number of ether oxygens (including phenoxy) is 18. The van der Waals surface area contributed by atoms with Crippen LogP contribution in [0.2, 0.25) is 0 Å². The fourth-order valence-electron chi connectivity index (χ4n) is 10.8. The third kappa shape index (κ3) is 20.9. The Morgan fingerprint density at radius 2 is 0.635 bits per heavy atom. The van der Waals surface area contributed by atoms with Crippen LogP contribution in [0.5, 0.6) is 0 Å². The van der Waals surface area contributed by atoms with Crippen molar-refractivity contribution in [2.24, 2.45) is 11.8 Å². The third-order valence-corrected chi connectivity index (χ3v) is 14.5. The van der Waals surface area contributed by atoms with Crippen molar-refractivity contribution in [3.63, 3.8) is 0 Å². The van der Waals surface area contributed by atoms with E-state index in [0.29, 0.717) is 0 Å². The summed E-state index contributed by atoms with van der Waals surface area (Å²) in [5.74, 6) is -0.862. The highest BCUT2D eigenvalue weighted by molar-refractivity contribution is 5.00. The second-order valence-electron chi connectivity index (χ2n) is 21.8. The van der Waals surface area contributed by atoms with Gasteiger partial charge < -0.3 is 157 Å². The maximum Gasteiger partial charge on any atom is 0.187 e. The zero-order valence-corrected chi connectivity index (χ0v) is 49.2. The molecule has 32 heteroatoms. The molecule has 85 heavy (non-hydrogen) atoms. The molecule has 32 nitrogen and oxygen atoms in total. The van der Waals surface area contributed by atoms with Crippen molar-refractivity contribution in [3.05, 3.63) is 0 Å². The van der Waals surface area contributed by atoms with Gasteiger partial charge in [-0.05, 0) is 33.6 Å². The van der Waals surface area contributed by atoms with Crippen molar-refractivity contribution in [2.45, 2.75) is 201 Å². The van der Waals surface area contributed by atoms with E-state index in [2.05, 4.69) is 0 Å². The van der Waals surface area contributed by atoms with Gasteiger partial charge in [-0.3, -0.25) is 0 Å². The molecule has 5 aliphatic heterocycles. The number of hydrogen-bond donors (Lipinski definition) is 14. The molecule has 0 aromatic rings. The molecular weight excluding hydrogens is 1150 g/mol. The van der Waals surface area contributed by atoms with Crippen LogP contribution in [0.3, 0.4) is 0 Å². The fourth-order valence-corrected chi connectivity index (χ4v) is 10.8. The van der Waals surface area contributed by atoms with Crippen molar-refractivity contribution >= 4 is 0 Å². The van der Waals surface area contributed by atoms with Gasteiger partial charge in [0.25, 0.3) is 0 Å². The summed E-state index contributed by atoms with van der Waals surface area (Å²) in [4.78, 5) is 0. The van der Waals surface area contributed by atoms with Crippen molar-refractivity contribution in [1.82, 2.24) is 0 Å². The molecule has 0 bridgehead atoms. The molecule has 14 N–H and O–H groups in total. The van der Waals surface area contributed by atoms with Crippen LogP contribution >= 0.6 is 0 Å². The van der Waals surface area contributed by atoms with Gasteiger partial charge in [0.05, 0.1) is 150 Å². The zero-order chi connectivity index (χ0) is 62.3. The van der Waals surface area contributed by atoms with Crippen molar-refractivity contribution in [2.75, 3.05) is 126 Å². The van der Waals surface area contributed by atoms with Gasteiger partial charge in [0.15, 0.2) is 31.5 Å². The highest BCUT2D eigenvalue weighted by Crippen LogP contribution is 2.39. The number of aliphatic hydroxyl groups excluding tert-OH is 14. The normalized spacial score (nSPS) is 39.4. The Hall–Kier alpha value is -1.28. The standard InChI is InChI=1S/C53H98O32/c1-26(2)34-30(22-68-14-7-54)79-52(45(35(34)62)71-17-10-57)84-42-29(21-61)78-53(48(39(42)66)74-20-13-60)85-43-33(25-75-41-31(23-69-15-8-55)81-50(76-27(3)4)46(38(41)65)72-18-11-58)80-49(37(64)36(43)63)83-44-32(24-70-16-9-56)82-51(77-28(5)6)47(40(44)67)73-19-12-59/h26-67H,7-25H2,1-6H3/t29?,30?,31?,32?,33?,34-,35+,36-,37?,38+,39+,40+,41-,42+,43+,44+,45+,46?,47+,48?,49+,50-,51-,52+,53+/m1/s1. The van der Waals surface area contributed by atoms with E-state index in [1.54, 1.807) is 27.7 Å². The smallest absolute Gasteiger partial charge is 0.187 e. The predicted octanol–water partition coefficient (Wildman–Crippen LogP) is -7.03. The summed E-state index contributed by atoms with van der Waals surface area (Å²) in [7, 11) is 0. The molecule has 5 rings (SSSR count). The first-order valence-corrected chi connectivity index (χ1v) is 29.2. The molecule has 0 saturated carbocycles. The SMILES string of the molecule is CC(C)O[C@@H]1OC(COCCO)[C@@H](OCC2O[C@@H](O[C@H]3C(COCCO)O[C@@H](OC(C)C)[C@@H](OCCO)[C@H]3O)C(O)[C@@H](O)[C@H]2O[C@@H]2OC(CO)[C@H](O[C@@H]3OC(COCCO)[C@@H](C(C)C)[C@H](O)[C@@H]3OCCO)[C@H](O)C2OCCO)[C@H](O)C1OCCO. The second-order valence-corrected chi connectivity index (χ2v) is 21.8. The quantitative estimate of drug-likeness (QED) is 0.0254. The lowest BCUT2D eigenvalue weighted by atomic mass is 9.81. The molecule has 0 radical (unpaired) electrons. The first-order valence-electron chi connectivity index (χ1n) is 29.2. The van der Waals surface area contributed by atoms with Crippen LogP contribution in [0.25, 0.3) is 0 Å². The Morgan fingerprint density at radius 1 is 0.306 bits per heavy atom. The van der Waals surface area contributed by atoms with Gasteiger partial charge >= 0.3 is 0 Å². The number of hydrogen-bond acceptors (Lipinski definition) is 32. The summed E-state index contributed by atoms with van der Waals surface area (Å²) < 4.78 is 109. The van der Waals surface area contributed by atoms with Crippen molar-refractivity contribution in [1.29, 1.82) is 0 Å². The Kier molecular flexibility index (Phi) is 33.8. The second kappa shape index (κ2) is 38.5. The molecular formula is C53H98O32. The average molecular weight is 1250 g/mol. The molecule has 5 fully saturated rings. The monoisotopic (exact) mass is 1250 g/mol. The van der Waals surface area contributed by atoms with Crippen molar-refractivity contribution in [3.8, 4) is 0 Å². The molecule has 8 unspecified atom stereocenters. The van der Waals surface area contributed by atoms with E-state index >= 15 is 0 Å². The molecule has 25 atom stereocenters. The van der Waals surface area contributed by atoms with Gasteiger partial charge in [0.1, 0.15) is 104 Å². The van der Waals surface area contributed by atoms with E-state index in [4.69, 9.17) is 85.3 Å². The number of rotatable bonds is 39. The minimum Gasteiger partial charge on any atom is -0.394 e. The Labute approximate surface area is 494 Å². The van der Waals surface area contributed by atoms with Crippen LogP contribution < -0.4 is 0 Å². The Balaban J connectivity index is 1.54. The van der Waals surface area contributed by atoms with E-state index in [0.717, 1.165) is 0 Å². The molecule has 5 saturated heterocycles. The summed E-state index contributed by atoms with van der Waals surface area (Å²) >= 11 is 0. The first-order chi connectivity index (χ1) is 40.8. The van der Waals surface area contributed by atoms with E-state index in [1.165, 1.54) is 0 Å². The third-order valence-electron chi connectivity index (χ3n) is 14.5.